The standard InChI is InChI=1S/C17H25N3O2/c1-12-5-6-13-7-8-17(19-14(13)18-12)9-10-20(11-17)15(21)22-16(2,3)4/h5-6H,7-11H2,1-4H3,(H,18,19). The molecule has 0 bridgehead atoms. The highest BCUT2D eigenvalue weighted by molar-refractivity contribution is 5.69. The number of aromatic nitrogens is 1. The van der Waals surface area contributed by atoms with Crippen molar-refractivity contribution >= 4 is 11.9 Å². The Morgan fingerprint density at radius 3 is 2.86 bits per heavy atom. The molecule has 5 heteroatoms. The number of amides is 1. The van der Waals surface area contributed by atoms with E-state index in [-0.39, 0.29) is 11.6 Å². The van der Waals surface area contributed by atoms with Crippen molar-refractivity contribution in [1.82, 2.24) is 9.88 Å². The van der Waals surface area contributed by atoms with Gasteiger partial charge in [-0.1, -0.05) is 6.07 Å². The van der Waals surface area contributed by atoms with Crippen molar-refractivity contribution in [2.45, 2.75) is 58.1 Å². The largest absolute Gasteiger partial charge is 0.444 e. The molecule has 1 aromatic heterocycles. The van der Waals surface area contributed by atoms with E-state index in [0.29, 0.717) is 6.54 Å². The summed E-state index contributed by atoms with van der Waals surface area (Å²) in [5.41, 5.74) is 1.79. The van der Waals surface area contributed by atoms with Gasteiger partial charge in [0, 0.05) is 18.8 Å². The van der Waals surface area contributed by atoms with E-state index in [0.717, 1.165) is 37.3 Å². The summed E-state index contributed by atoms with van der Waals surface area (Å²) in [7, 11) is 0. The van der Waals surface area contributed by atoms with Crippen molar-refractivity contribution in [2.24, 2.45) is 0 Å². The highest BCUT2D eigenvalue weighted by Crippen LogP contribution is 2.36. The van der Waals surface area contributed by atoms with E-state index in [2.05, 4.69) is 22.4 Å². The number of fused-ring (bicyclic) bond motifs is 1. The number of nitrogens with one attached hydrogen (secondary N) is 1. The van der Waals surface area contributed by atoms with Gasteiger partial charge in [0.2, 0.25) is 0 Å². The van der Waals surface area contributed by atoms with E-state index in [9.17, 15) is 4.79 Å². The van der Waals surface area contributed by atoms with Gasteiger partial charge in [-0.05, 0) is 58.6 Å². The van der Waals surface area contributed by atoms with E-state index in [1.165, 1.54) is 5.56 Å². The smallest absolute Gasteiger partial charge is 0.410 e. The van der Waals surface area contributed by atoms with Gasteiger partial charge in [-0.15, -0.1) is 0 Å². The molecule has 1 aromatic rings. The van der Waals surface area contributed by atoms with Gasteiger partial charge in [0.25, 0.3) is 0 Å². The number of aryl methyl sites for hydroxylation is 2. The molecule has 1 N–H and O–H groups in total. The molecule has 1 unspecified atom stereocenters. The van der Waals surface area contributed by atoms with Crippen molar-refractivity contribution in [3.8, 4) is 0 Å². The number of likely N-dealkylation sites (tertiary alicyclic amines) is 1. The van der Waals surface area contributed by atoms with Crippen LogP contribution < -0.4 is 5.32 Å². The van der Waals surface area contributed by atoms with E-state index in [1.54, 1.807) is 0 Å². The molecule has 22 heavy (non-hydrogen) atoms. The minimum Gasteiger partial charge on any atom is -0.444 e. The zero-order valence-electron chi connectivity index (χ0n) is 13.9. The lowest BCUT2D eigenvalue weighted by molar-refractivity contribution is 0.0285. The third kappa shape index (κ3) is 3.03. The van der Waals surface area contributed by atoms with Crippen molar-refractivity contribution in [3.05, 3.63) is 23.4 Å². The molecule has 1 fully saturated rings. The van der Waals surface area contributed by atoms with Crippen LogP contribution in [-0.4, -0.2) is 40.2 Å². The number of hydrogen-bond donors (Lipinski definition) is 1. The lowest BCUT2D eigenvalue weighted by atomic mass is 9.87. The molecular formula is C17H25N3O2. The third-order valence-electron chi connectivity index (χ3n) is 4.38. The molecule has 0 radical (unpaired) electrons. The van der Waals surface area contributed by atoms with Gasteiger partial charge in [-0.3, -0.25) is 0 Å². The number of carbonyl (C=O) groups excluding carboxylic acids is 1. The van der Waals surface area contributed by atoms with E-state index >= 15 is 0 Å². The summed E-state index contributed by atoms with van der Waals surface area (Å²) in [6.07, 6.45) is 2.78. The van der Waals surface area contributed by atoms with Gasteiger partial charge >= 0.3 is 6.09 Å². The Balaban J connectivity index is 1.71. The summed E-state index contributed by atoms with van der Waals surface area (Å²) in [6, 6.07) is 4.21. The van der Waals surface area contributed by atoms with Crippen LogP contribution in [0.25, 0.3) is 0 Å². The second-order valence-corrected chi connectivity index (χ2v) is 7.52. The van der Waals surface area contributed by atoms with E-state index in [1.807, 2.05) is 32.6 Å². The first-order valence-electron chi connectivity index (χ1n) is 7.99. The molecule has 1 spiro atoms. The van der Waals surface area contributed by atoms with Crippen LogP contribution in [0.1, 0.15) is 44.9 Å². The molecule has 0 saturated carbocycles. The number of carbonyl (C=O) groups is 1. The minimum atomic E-state index is -0.446. The quantitative estimate of drug-likeness (QED) is 0.800. The highest BCUT2D eigenvalue weighted by Gasteiger charge is 2.43. The second-order valence-electron chi connectivity index (χ2n) is 7.52. The Morgan fingerprint density at radius 1 is 1.36 bits per heavy atom. The lowest BCUT2D eigenvalue weighted by Crippen LogP contribution is -2.46. The third-order valence-corrected chi connectivity index (χ3v) is 4.38. The molecular weight excluding hydrogens is 278 g/mol. The number of hydrogen-bond acceptors (Lipinski definition) is 4. The number of pyridine rings is 1. The van der Waals surface area contributed by atoms with E-state index in [4.69, 9.17) is 4.74 Å². The number of rotatable bonds is 0. The lowest BCUT2D eigenvalue weighted by Gasteiger charge is -2.36. The summed E-state index contributed by atoms with van der Waals surface area (Å²) in [4.78, 5) is 18.7. The van der Waals surface area contributed by atoms with Crippen LogP contribution >= 0.6 is 0 Å². The normalized spacial score (nSPS) is 24.1. The Labute approximate surface area is 132 Å². The van der Waals surface area contributed by atoms with Crippen LogP contribution in [0.5, 0.6) is 0 Å². The average molecular weight is 303 g/mol. The predicted molar refractivity (Wildman–Crippen MR) is 86.1 cm³/mol. The van der Waals surface area contributed by atoms with Gasteiger partial charge in [-0.2, -0.15) is 0 Å². The van der Waals surface area contributed by atoms with Gasteiger partial charge in [0.15, 0.2) is 0 Å². The summed E-state index contributed by atoms with van der Waals surface area (Å²) in [5.74, 6) is 0.984. The number of anilines is 1. The summed E-state index contributed by atoms with van der Waals surface area (Å²) in [5, 5.41) is 3.60. The second kappa shape index (κ2) is 5.14. The fourth-order valence-corrected chi connectivity index (χ4v) is 3.24. The first-order chi connectivity index (χ1) is 10.3. The molecule has 0 aliphatic carbocycles. The molecule has 5 nitrogen and oxygen atoms in total. The van der Waals surface area contributed by atoms with Crippen molar-refractivity contribution < 1.29 is 9.53 Å². The fraction of sp³-hybridized carbons (Fsp3) is 0.647. The molecule has 0 aromatic carbocycles. The van der Waals surface area contributed by atoms with Gasteiger partial charge in [0.05, 0.1) is 5.54 Å². The maximum Gasteiger partial charge on any atom is 0.410 e. The first kappa shape index (κ1) is 15.1. The number of ether oxygens (including phenoxy) is 1. The zero-order valence-corrected chi connectivity index (χ0v) is 13.9. The monoisotopic (exact) mass is 303 g/mol. The topological polar surface area (TPSA) is 54.5 Å². The molecule has 1 saturated heterocycles. The minimum absolute atomic E-state index is 0.0509. The Bertz CT molecular complexity index is 594. The summed E-state index contributed by atoms with van der Waals surface area (Å²) < 4.78 is 5.49. The summed E-state index contributed by atoms with van der Waals surface area (Å²) >= 11 is 0. The van der Waals surface area contributed by atoms with Crippen LogP contribution in [0.4, 0.5) is 10.6 Å². The van der Waals surface area contributed by atoms with Crippen molar-refractivity contribution in [1.29, 1.82) is 0 Å². The molecule has 3 heterocycles. The predicted octanol–water partition coefficient (Wildman–Crippen LogP) is 3.13. The van der Waals surface area contributed by atoms with Gasteiger partial charge in [-0.25, -0.2) is 9.78 Å². The number of nitrogens with zero attached hydrogens (tertiary/aromatic N) is 2. The zero-order chi connectivity index (χ0) is 16.0. The van der Waals surface area contributed by atoms with Crippen LogP contribution in [0, 0.1) is 6.92 Å². The van der Waals surface area contributed by atoms with Gasteiger partial charge in [0.1, 0.15) is 11.4 Å². The van der Waals surface area contributed by atoms with Crippen molar-refractivity contribution in [3.63, 3.8) is 0 Å². The molecule has 2 aliphatic rings. The fourth-order valence-electron chi connectivity index (χ4n) is 3.24. The molecule has 2 aliphatic heterocycles. The molecule has 1 atom stereocenters. The SMILES string of the molecule is Cc1ccc2c(n1)NC1(CC2)CCN(C(=O)OC(C)(C)C)C1. The molecule has 3 rings (SSSR count). The maximum absolute atomic E-state index is 12.2. The Morgan fingerprint density at radius 2 is 2.14 bits per heavy atom. The summed E-state index contributed by atoms with van der Waals surface area (Å²) in [6.45, 7) is 9.14. The van der Waals surface area contributed by atoms with Crippen molar-refractivity contribution in [2.75, 3.05) is 18.4 Å². The Kier molecular flexibility index (Phi) is 3.54. The van der Waals surface area contributed by atoms with Crippen LogP contribution in [0.3, 0.4) is 0 Å². The van der Waals surface area contributed by atoms with E-state index < -0.39 is 5.60 Å². The molecule has 1 amide bonds. The maximum atomic E-state index is 12.2. The Hall–Kier alpha value is -1.78. The average Bonchev–Trinajstić information content (AvgIpc) is 2.80. The van der Waals surface area contributed by atoms with Crippen LogP contribution in [-0.2, 0) is 11.2 Å². The van der Waals surface area contributed by atoms with Crippen LogP contribution in [0.15, 0.2) is 12.1 Å². The van der Waals surface area contributed by atoms with Crippen LogP contribution in [0.2, 0.25) is 0 Å². The van der Waals surface area contributed by atoms with Gasteiger partial charge < -0.3 is 15.0 Å². The molecule has 120 valence electrons. The first-order valence-corrected chi connectivity index (χ1v) is 7.99. The highest BCUT2D eigenvalue weighted by atomic mass is 16.6.